The van der Waals surface area contributed by atoms with Crippen molar-refractivity contribution in [3.8, 4) is 0 Å². The van der Waals surface area contributed by atoms with Gasteiger partial charge in [-0.25, -0.2) is 4.99 Å². The van der Waals surface area contributed by atoms with E-state index in [-0.39, 0.29) is 42.0 Å². The summed E-state index contributed by atoms with van der Waals surface area (Å²) in [6.45, 7) is 3.48. The zero-order valence-corrected chi connectivity index (χ0v) is 19.7. The van der Waals surface area contributed by atoms with Gasteiger partial charge in [-0.15, -0.1) is 24.0 Å². The van der Waals surface area contributed by atoms with E-state index in [2.05, 4.69) is 20.7 Å². The molecule has 1 aliphatic rings. The second-order valence-electron chi connectivity index (χ2n) is 7.04. The predicted molar refractivity (Wildman–Crippen MR) is 123 cm³/mol. The number of anilines is 1. The molecule has 2 aromatic rings. The van der Waals surface area contributed by atoms with Crippen LogP contribution in [0.1, 0.15) is 36.6 Å². The molecule has 0 unspecified atom stereocenters. The molecule has 3 rings (SSSR count). The molecule has 0 aliphatic carbocycles. The van der Waals surface area contributed by atoms with Crippen molar-refractivity contribution in [1.29, 1.82) is 0 Å². The van der Waals surface area contributed by atoms with Gasteiger partial charge in [0.15, 0.2) is 11.7 Å². The molecule has 1 aliphatic heterocycles. The zero-order chi connectivity index (χ0) is 21.7. The van der Waals surface area contributed by atoms with E-state index in [0.29, 0.717) is 25.5 Å². The average Bonchev–Trinajstić information content (AvgIpc) is 3.29. The predicted octanol–water partition coefficient (Wildman–Crippen LogP) is 3.44. The van der Waals surface area contributed by atoms with Crippen molar-refractivity contribution in [2.45, 2.75) is 39.0 Å². The fourth-order valence-electron chi connectivity index (χ4n) is 3.30. The Morgan fingerprint density at radius 2 is 1.94 bits per heavy atom. The van der Waals surface area contributed by atoms with E-state index in [0.717, 1.165) is 28.9 Å². The van der Waals surface area contributed by atoms with Crippen LogP contribution in [0.3, 0.4) is 0 Å². The number of amides is 1. The number of carbonyl (C=O) groups excluding carboxylic acids is 1. The summed E-state index contributed by atoms with van der Waals surface area (Å²) >= 11 is 0. The van der Waals surface area contributed by atoms with Crippen LogP contribution in [0.4, 0.5) is 18.9 Å². The summed E-state index contributed by atoms with van der Waals surface area (Å²) in [6, 6.07) is 7.58. The molecule has 1 saturated heterocycles. The number of aromatic nitrogens is 2. The first-order chi connectivity index (χ1) is 14.3. The summed E-state index contributed by atoms with van der Waals surface area (Å²) < 4.78 is 40.4. The van der Waals surface area contributed by atoms with Gasteiger partial charge in [0.05, 0.1) is 6.54 Å². The van der Waals surface area contributed by atoms with Gasteiger partial charge in [0.1, 0.15) is 0 Å². The number of nitrogens with one attached hydrogen (secondary N) is 2. The molecule has 0 radical (unpaired) electrons. The van der Waals surface area contributed by atoms with Crippen LogP contribution in [0.25, 0.3) is 0 Å². The lowest BCUT2D eigenvalue weighted by molar-refractivity contribution is -0.142. The highest BCUT2D eigenvalue weighted by molar-refractivity contribution is 14.0. The number of aryl methyl sites for hydroxylation is 1. The SMILES string of the molecule is CCNC(=NCc1ccc(N2CCCC2=O)cc1)NCc1cn(C)nc1C(F)(F)F.I. The van der Waals surface area contributed by atoms with Crippen molar-refractivity contribution < 1.29 is 18.0 Å². The Morgan fingerprint density at radius 1 is 1.23 bits per heavy atom. The Kier molecular flexibility index (Phi) is 8.71. The third-order valence-electron chi connectivity index (χ3n) is 4.70. The van der Waals surface area contributed by atoms with E-state index in [1.165, 1.54) is 13.2 Å². The van der Waals surface area contributed by atoms with Crippen molar-refractivity contribution in [3.05, 3.63) is 47.3 Å². The van der Waals surface area contributed by atoms with Crippen molar-refractivity contribution in [3.63, 3.8) is 0 Å². The number of aliphatic imine (C=N–C) groups is 1. The number of carbonyl (C=O) groups is 1. The van der Waals surface area contributed by atoms with Crippen LogP contribution in [0.15, 0.2) is 35.5 Å². The molecule has 0 spiro atoms. The summed E-state index contributed by atoms with van der Waals surface area (Å²) in [7, 11) is 1.46. The third kappa shape index (κ3) is 6.58. The third-order valence-corrected chi connectivity index (χ3v) is 4.70. The number of hydrogen-bond donors (Lipinski definition) is 2. The van der Waals surface area contributed by atoms with Crippen molar-refractivity contribution in [2.75, 3.05) is 18.0 Å². The largest absolute Gasteiger partial charge is 0.435 e. The van der Waals surface area contributed by atoms with Crippen LogP contribution in [-0.2, 0) is 31.1 Å². The quantitative estimate of drug-likeness (QED) is 0.329. The van der Waals surface area contributed by atoms with E-state index in [4.69, 9.17) is 0 Å². The Bertz CT molecular complexity index is 911. The normalized spacial score (nSPS) is 14.5. The molecule has 7 nitrogen and oxygen atoms in total. The minimum atomic E-state index is -4.51. The second-order valence-corrected chi connectivity index (χ2v) is 7.04. The molecule has 1 aromatic carbocycles. The maximum Gasteiger partial charge on any atom is 0.435 e. The summed E-state index contributed by atoms with van der Waals surface area (Å²) in [6.07, 6.45) is -1.71. The smallest absolute Gasteiger partial charge is 0.357 e. The number of guanidine groups is 1. The highest BCUT2D eigenvalue weighted by atomic mass is 127. The van der Waals surface area contributed by atoms with Gasteiger partial charge in [0, 0.05) is 50.6 Å². The highest BCUT2D eigenvalue weighted by Crippen LogP contribution is 2.30. The molecule has 170 valence electrons. The fourth-order valence-corrected chi connectivity index (χ4v) is 3.30. The first-order valence-electron chi connectivity index (χ1n) is 9.79. The lowest BCUT2D eigenvalue weighted by atomic mass is 10.2. The van der Waals surface area contributed by atoms with E-state index >= 15 is 0 Å². The van der Waals surface area contributed by atoms with Gasteiger partial charge in [-0.2, -0.15) is 18.3 Å². The van der Waals surface area contributed by atoms with Gasteiger partial charge in [0.2, 0.25) is 5.91 Å². The number of alkyl halides is 3. The molecule has 0 bridgehead atoms. The molecule has 31 heavy (non-hydrogen) atoms. The highest BCUT2D eigenvalue weighted by Gasteiger charge is 2.36. The lowest BCUT2D eigenvalue weighted by Crippen LogP contribution is -2.37. The number of hydrogen-bond acceptors (Lipinski definition) is 3. The molecule has 2 N–H and O–H groups in total. The van der Waals surface area contributed by atoms with Gasteiger partial charge < -0.3 is 15.5 Å². The minimum absolute atomic E-state index is 0. The summed E-state index contributed by atoms with van der Waals surface area (Å²) in [5, 5.41) is 9.46. The van der Waals surface area contributed by atoms with E-state index < -0.39 is 11.9 Å². The van der Waals surface area contributed by atoms with Gasteiger partial charge in [0.25, 0.3) is 0 Å². The molecule has 0 saturated carbocycles. The van der Waals surface area contributed by atoms with E-state index in [1.807, 2.05) is 31.2 Å². The maximum atomic E-state index is 13.1. The molecule has 2 heterocycles. The van der Waals surface area contributed by atoms with Gasteiger partial charge >= 0.3 is 6.18 Å². The summed E-state index contributed by atoms with van der Waals surface area (Å²) in [5.41, 5.74) is 0.946. The maximum absolute atomic E-state index is 13.1. The Morgan fingerprint density at radius 3 is 2.52 bits per heavy atom. The van der Waals surface area contributed by atoms with Crippen molar-refractivity contribution >= 4 is 41.5 Å². The first kappa shape index (κ1) is 25.0. The van der Waals surface area contributed by atoms with Crippen LogP contribution in [0.2, 0.25) is 0 Å². The van der Waals surface area contributed by atoms with E-state index in [1.54, 1.807) is 4.90 Å². The number of nitrogens with zero attached hydrogens (tertiary/aromatic N) is 4. The second kappa shape index (κ2) is 10.8. The Labute approximate surface area is 196 Å². The van der Waals surface area contributed by atoms with Gasteiger partial charge in [-0.05, 0) is 31.0 Å². The van der Waals surface area contributed by atoms with Crippen LogP contribution in [0, 0.1) is 0 Å². The molecule has 1 fully saturated rings. The molecule has 1 amide bonds. The molecule has 11 heteroatoms. The summed E-state index contributed by atoms with van der Waals surface area (Å²) in [4.78, 5) is 18.0. The van der Waals surface area contributed by atoms with Crippen molar-refractivity contribution in [2.24, 2.45) is 12.0 Å². The number of benzene rings is 1. The van der Waals surface area contributed by atoms with Crippen molar-refractivity contribution in [1.82, 2.24) is 20.4 Å². The molecule has 0 atom stereocenters. The Balaban J connectivity index is 0.00000341. The summed E-state index contributed by atoms with van der Waals surface area (Å²) in [5.74, 6) is 0.543. The fraction of sp³-hybridized carbons (Fsp3) is 0.450. The van der Waals surface area contributed by atoms with Crippen LogP contribution in [-0.4, -0.2) is 34.7 Å². The van der Waals surface area contributed by atoms with Gasteiger partial charge in [-0.3, -0.25) is 9.48 Å². The zero-order valence-electron chi connectivity index (χ0n) is 17.4. The molecular formula is C20H26F3IN6O. The molecule has 1 aromatic heterocycles. The minimum Gasteiger partial charge on any atom is -0.357 e. The number of halogens is 4. The standard InChI is InChI=1S/C20H25F3N6O.HI/c1-3-24-19(26-12-15-13-28(2)27-18(15)20(21,22)23)25-11-14-6-8-16(9-7-14)29-10-4-5-17(29)30;/h6-9,13H,3-5,10-12H2,1-2H3,(H2,24,25,26);1H. The Hall–Kier alpha value is -2.31. The number of rotatable bonds is 6. The lowest BCUT2D eigenvalue weighted by Gasteiger charge is -2.16. The first-order valence-corrected chi connectivity index (χ1v) is 9.79. The average molecular weight is 550 g/mol. The van der Waals surface area contributed by atoms with Crippen LogP contribution < -0.4 is 15.5 Å². The van der Waals surface area contributed by atoms with E-state index in [9.17, 15) is 18.0 Å². The van der Waals surface area contributed by atoms with Crippen LogP contribution in [0.5, 0.6) is 0 Å². The topological polar surface area (TPSA) is 74.6 Å². The van der Waals surface area contributed by atoms with Crippen LogP contribution >= 0.6 is 24.0 Å². The molecular weight excluding hydrogens is 524 g/mol. The van der Waals surface area contributed by atoms with Gasteiger partial charge in [-0.1, -0.05) is 12.1 Å². The monoisotopic (exact) mass is 550 g/mol.